The summed E-state index contributed by atoms with van der Waals surface area (Å²) in [5.74, 6) is 0.984. The van der Waals surface area contributed by atoms with Gasteiger partial charge in [-0.2, -0.15) is 0 Å². The lowest BCUT2D eigenvalue weighted by Crippen LogP contribution is -2.20. The number of aryl methyl sites for hydroxylation is 3. The van der Waals surface area contributed by atoms with Crippen LogP contribution in [0.4, 0.5) is 0 Å². The first-order valence-corrected chi connectivity index (χ1v) is 8.23. The van der Waals surface area contributed by atoms with Crippen LogP contribution in [0, 0.1) is 0 Å². The molecule has 0 fully saturated rings. The van der Waals surface area contributed by atoms with Crippen molar-refractivity contribution in [2.45, 2.75) is 52.5 Å². The van der Waals surface area contributed by atoms with Crippen LogP contribution in [0.15, 0.2) is 16.0 Å². The van der Waals surface area contributed by atoms with Crippen molar-refractivity contribution in [3.8, 4) is 0 Å². The molecule has 0 aliphatic rings. The third kappa shape index (κ3) is 4.15. The summed E-state index contributed by atoms with van der Waals surface area (Å²) in [4.78, 5) is 4.61. The van der Waals surface area contributed by atoms with Crippen molar-refractivity contribution in [1.82, 2.24) is 15.5 Å². The molecular formula is C15H23N3OS. The van der Waals surface area contributed by atoms with E-state index in [1.807, 2.05) is 0 Å². The number of aromatic nitrogens is 2. The number of nitrogens with one attached hydrogen (secondary N) is 1. The zero-order valence-corrected chi connectivity index (χ0v) is 13.3. The number of rotatable bonds is 8. The van der Waals surface area contributed by atoms with Crippen molar-refractivity contribution in [3.63, 3.8) is 0 Å². The van der Waals surface area contributed by atoms with Gasteiger partial charge < -0.3 is 9.84 Å². The van der Waals surface area contributed by atoms with Crippen LogP contribution >= 0.6 is 11.3 Å². The molecule has 2 rings (SSSR count). The Labute approximate surface area is 124 Å². The SMILES string of the molecule is CCc1cc(CCCNC(C)c2csc(CC)n2)on1. The van der Waals surface area contributed by atoms with E-state index in [-0.39, 0.29) is 0 Å². The van der Waals surface area contributed by atoms with Gasteiger partial charge in [-0.15, -0.1) is 11.3 Å². The van der Waals surface area contributed by atoms with Crippen LogP contribution in [-0.2, 0) is 19.3 Å². The van der Waals surface area contributed by atoms with Crippen LogP contribution in [0.3, 0.4) is 0 Å². The lowest BCUT2D eigenvalue weighted by Gasteiger charge is -2.10. The molecule has 2 aromatic rings. The van der Waals surface area contributed by atoms with Gasteiger partial charge in [-0.1, -0.05) is 19.0 Å². The van der Waals surface area contributed by atoms with Gasteiger partial charge in [0.1, 0.15) is 5.76 Å². The average Bonchev–Trinajstić information content (AvgIpc) is 3.11. The highest BCUT2D eigenvalue weighted by molar-refractivity contribution is 7.09. The molecule has 0 aromatic carbocycles. The van der Waals surface area contributed by atoms with E-state index in [2.05, 4.69) is 47.7 Å². The number of nitrogens with zero attached hydrogens (tertiary/aromatic N) is 2. The van der Waals surface area contributed by atoms with Gasteiger partial charge in [0.25, 0.3) is 0 Å². The van der Waals surface area contributed by atoms with E-state index in [4.69, 9.17) is 4.52 Å². The van der Waals surface area contributed by atoms with E-state index in [1.54, 1.807) is 11.3 Å². The second-order valence-corrected chi connectivity index (χ2v) is 5.88. The maximum atomic E-state index is 5.28. The molecule has 0 saturated carbocycles. The number of hydrogen-bond acceptors (Lipinski definition) is 5. The number of thiazole rings is 1. The fourth-order valence-corrected chi connectivity index (χ4v) is 2.85. The molecule has 1 N–H and O–H groups in total. The van der Waals surface area contributed by atoms with Crippen LogP contribution in [-0.4, -0.2) is 16.7 Å². The molecule has 1 atom stereocenters. The predicted octanol–water partition coefficient (Wildman–Crippen LogP) is 3.54. The minimum absolute atomic E-state index is 0.312. The molecule has 110 valence electrons. The van der Waals surface area contributed by atoms with E-state index in [0.717, 1.165) is 49.4 Å². The molecule has 0 bridgehead atoms. The van der Waals surface area contributed by atoms with E-state index in [1.165, 1.54) is 5.01 Å². The quantitative estimate of drug-likeness (QED) is 0.756. The van der Waals surface area contributed by atoms with Gasteiger partial charge in [0.15, 0.2) is 0 Å². The smallest absolute Gasteiger partial charge is 0.137 e. The molecule has 0 saturated heterocycles. The summed E-state index contributed by atoms with van der Waals surface area (Å²) in [5.41, 5.74) is 2.19. The maximum absolute atomic E-state index is 5.28. The Morgan fingerprint density at radius 3 is 2.85 bits per heavy atom. The Hall–Kier alpha value is -1.20. The van der Waals surface area contributed by atoms with Crippen LogP contribution in [0.5, 0.6) is 0 Å². The highest BCUT2D eigenvalue weighted by Crippen LogP contribution is 2.17. The zero-order valence-electron chi connectivity index (χ0n) is 12.5. The zero-order chi connectivity index (χ0) is 14.4. The average molecular weight is 293 g/mol. The van der Waals surface area contributed by atoms with E-state index >= 15 is 0 Å². The first kappa shape index (κ1) is 15.2. The van der Waals surface area contributed by atoms with Gasteiger partial charge in [0.2, 0.25) is 0 Å². The lowest BCUT2D eigenvalue weighted by atomic mass is 10.2. The summed E-state index contributed by atoms with van der Waals surface area (Å²) in [5, 5.41) is 10.9. The van der Waals surface area contributed by atoms with Gasteiger partial charge >= 0.3 is 0 Å². The van der Waals surface area contributed by atoms with Crippen LogP contribution < -0.4 is 5.32 Å². The van der Waals surface area contributed by atoms with Crippen molar-refractivity contribution in [3.05, 3.63) is 33.6 Å². The molecule has 0 amide bonds. The fraction of sp³-hybridized carbons (Fsp3) is 0.600. The summed E-state index contributed by atoms with van der Waals surface area (Å²) in [7, 11) is 0. The monoisotopic (exact) mass is 293 g/mol. The standard InChI is InChI=1S/C15H23N3OS/c1-4-12-9-13(19-18-12)7-6-8-16-11(3)14-10-20-15(5-2)17-14/h9-11,16H,4-8H2,1-3H3. The van der Waals surface area contributed by atoms with Crippen molar-refractivity contribution in [1.29, 1.82) is 0 Å². The van der Waals surface area contributed by atoms with Gasteiger partial charge in [-0.25, -0.2) is 4.98 Å². The number of hydrogen-bond donors (Lipinski definition) is 1. The van der Waals surface area contributed by atoms with Crippen molar-refractivity contribution < 1.29 is 4.52 Å². The highest BCUT2D eigenvalue weighted by atomic mass is 32.1. The molecule has 1 unspecified atom stereocenters. The van der Waals surface area contributed by atoms with E-state index in [0.29, 0.717) is 6.04 Å². The molecule has 0 radical (unpaired) electrons. The first-order chi connectivity index (χ1) is 9.72. The second-order valence-electron chi connectivity index (χ2n) is 4.94. The van der Waals surface area contributed by atoms with Crippen molar-refractivity contribution in [2.75, 3.05) is 6.54 Å². The van der Waals surface area contributed by atoms with Gasteiger partial charge in [-0.3, -0.25) is 0 Å². The Morgan fingerprint density at radius 2 is 2.20 bits per heavy atom. The van der Waals surface area contributed by atoms with Crippen LogP contribution in [0.25, 0.3) is 0 Å². The highest BCUT2D eigenvalue weighted by Gasteiger charge is 2.09. The summed E-state index contributed by atoms with van der Waals surface area (Å²) >= 11 is 1.74. The van der Waals surface area contributed by atoms with E-state index in [9.17, 15) is 0 Å². The Balaban J connectivity index is 1.70. The molecule has 0 spiro atoms. The minimum atomic E-state index is 0.312. The minimum Gasteiger partial charge on any atom is -0.361 e. The molecule has 2 aromatic heterocycles. The van der Waals surface area contributed by atoms with E-state index < -0.39 is 0 Å². The molecule has 20 heavy (non-hydrogen) atoms. The molecule has 0 aliphatic heterocycles. The fourth-order valence-electron chi connectivity index (χ4n) is 2.01. The molecule has 5 heteroatoms. The normalized spacial score (nSPS) is 12.8. The Bertz CT molecular complexity index is 521. The molecule has 0 aliphatic carbocycles. The predicted molar refractivity (Wildman–Crippen MR) is 82.1 cm³/mol. The topological polar surface area (TPSA) is 51.0 Å². The lowest BCUT2D eigenvalue weighted by molar-refractivity contribution is 0.373. The van der Waals surface area contributed by atoms with Crippen molar-refractivity contribution in [2.24, 2.45) is 0 Å². The molecule has 2 heterocycles. The van der Waals surface area contributed by atoms with Gasteiger partial charge in [0.05, 0.1) is 16.4 Å². The van der Waals surface area contributed by atoms with Gasteiger partial charge in [-0.05, 0) is 32.7 Å². The van der Waals surface area contributed by atoms with Crippen LogP contribution in [0.1, 0.15) is 55.4 Å². The Kier molecular flexibility index (Phi) is 5.73. The largest absolute Gasteiger partial charge is 0.361 e. The third-order valence-electron chi connectivity index (χ3n) is 3.34. The third-order valence-corrected chi connectivity index (χ3v) is 4.35. The summed E-state index contributed by atoms with van der Waals surface area (Å²) < 4.78 is 5.28. The second kappa shape index (κ2) is 7.55. The van der Waals surface area contributed by atoms with Crippen molar-refractivity contribution >= 4 is 11.3 Å². The molecular weight excluding hydrogens is 270 g/mol. The summed E-state index contributed by atoms with van der Waals surface area (Å²) in [6.45, 7) is 7.35. The Morgan fingerprint density at radius 1 is 1.35 bits per heavy atom. The first-order valence-electron chi connectivity index (χ1n) is 7.35. The van der Waals surface area contributed by atoms with Crippen LogP contribution in [0.2, 0.25) is 0 Å². The molecule has 4 nitrogen and oxygen atoms in total. The summed E-state index contributed by atoms with van der Waals surface area (Å²) in [6.07, 6.45) is 3.93. The van der Waals surface area contributed by atoms with Gasteiger partial charge in [0, 0.05) is 23.9 Å². The summed E-state index contributed by atoms with van der Waals surface area (Å²) in [6, 6.07) is 2.37. The maximum Gasteiger partial charge on any atom is 0.137 e.